The van der Waals surface area contributed by atoms with E-state index in [0.717, 1.165) is 6.42 Å². The summed E-state index contributed by atoms with van der Waals surface area (Å²) in [7, 11) is 0. The number of amides is 1. The van der Waals surface area contributed by atoms with E-state index < -0.39 is 0 Å². The molecule has 0 bridgehead atoms. The van der Waals surface area contributed by atoms with E-state index in [4.69, 9.17) is 16.6 Å². The van der Waals surface area contributed by atoms with E-state index in [0.29, 0.717) is 51.9 Å². The molecule has 2 aromatic carbocycles. The van der Waals surface area contributed by atoms with Gasteiger partial charge in [0.05, 0.1) is 16.6 Å². The molecule has 3 rings (SSSR count). The normalized spacial score (nSPS) is 10.9. The third-order valence-corrected chi connectivity index (χ3v) is 5.42. The van der Waals surface area contributed by atoms with Crippen molar-refractivity contribution in [2.75, 3.05) is 12.3 Å². The Morgan fingerprint density at radius 2 is 2.04 bits per heavy atom. The first-order chi connectivity index (χ1) is 13.6. The van der Waals surface area contributed by atoms with E-state index in [1.54, 1.807) is 22.8 Å². The molecule has 0 aliphatic heterocycles. The molecule has 5 nitrogen and oxygen atoms in total. The lowest BCUT2D eigenvalue weighted by Crippen LogP contribution is -2.24. The molecule has 146 valence electrons. The van der Waals surface area contributed by atoms with Gasteiger partial charge in [-0.25, -0.2) is 4.98 Å². The van der Waals surface area contributed by atoms with E-state index in [1.165, 1.54) is 11.8 Å². The minimum atomic E-state index is -0.129. The number of carbonyl (C=O) groups excluding carboxylic acids is 1. The Morgan fingerprint density at radius 1 is 1.21 bits per heavy atom. The van der Waals surface area contributed by atoms with Crippen LogP contribution in [-0.4, -0.2) is 27.8 Å². The van der Waals surface area contributed by atoms with Gasteiger partial charge >= 0.3 is 0 Å². The van der Waals surface area contributed by atoms with Gasteiger partial charge in [0.15, 0.2) is 5.16 Å². The van der Waals surface area contributed by atoms with Crippen LogP contribution in [-0.2, 0) is 4.79 Å². The van der Waals surface area contributed by atoms with Gasteiger partial charge in [-0.15, -0.1) is 0 Å². The molecule has 0 saturated heterocycles. The highest BCUT2D eigenvalue weighted by Crippen LogP contribution is 2.23. The molecule has 1 heterocycles. The summed E-state index contributed by atoms with van der Waals surface area (Å²) in [5.41, 5.74) is 1.21. The van der Waals surface area contributed by atoms with Crippen LogP contribution in [0.5, 0.6) is 0 Å². The predicted octanol–water partition coefficient (Wildman–Crippen LogP) is 4.44. The van der Waals surface area contributed by atoms with Crippen LogP contribution >= 0.6 is 23.4 Å². The zero-order valence-electron chi connectivity index (χ0n) is 15.7. The van der Waals surface area contributed by atoms with Gasteiger partial charge in [-0.3, -0.25) is 14.2 Å². The first-order valence-corrected chi connectivity index (χ1v) is 10.6. The first-order valence-electron chi connectivity index (χ1n) is 9.27. The number of thioether (sulfide) groups is 1. The van der Waals surface area contributed by atoms with Crippen molar-refractivity contribution in [2.45, 2.75) is 31.3 Å². The van der Waals surface area contributed by atoms with Crippen LogP contribution in [0.2, 0.25) is 5.02 Å². The second kappa shape index (κ2) is 9.75. The Morgan fingerprint density at radius 3 is 2.82 bits per heavy atom. The average Bonchev–Trinajstić information content (AvgIpc) is 2.70. The maximum atomic E-state index is 13.1. The van der Waals surface area contributed by atoms with Gasteiger partial charge in [0.1, 0.15) is 0 Å². The lowest BCUT2D eigenvalue weighted by Gasteiger charge is -2.13. The molecule has 0 saturated carbocycles. The van der Waals surface area contributed by atoms with Crippen LogP contribution < -0.4 is 10.9 Å². The second-order valence-corrected chi connectivity index (χ2v) is 7.83. The fourth-order valence-electron chi connectivity index (χ4n) is 2.80. The molecule has 7 heteroatoms. The number of hydrogen-bond acceptors (Lipinski definition) is 4. The summed E-state index contributed by atoms with van der Waals surface area (Å²) >= 11 is 7.61. The number of benzene rings is 2. The number of rotatable bonds is 8. The summed E-state index contributed by atoms with van der Waals surface area (Å²) < 4.78 is 1.59. The van der Waals surface area contributed by atoms with E-state index in [2.05, 4.69) is 5.32 Å². The van der Waals surface area contributed by atoms with Crippen molar-refractivity contribution < 1.29 is 4.79 Å². The summed E-state index contributed by atoms with van der Waals surface area (Å²) in [5.74, 6) is 0.742. The van der Waals surface area contributed by atoms with E-state index in [9.17, 15) is 9.59 Å². The van der Waals surface area contributed by atoms with Gasteiger partial charge in [0.25, 0.3) is 5.56 Å². The van der Waals surface area contributed by atoms with Gasteiger partial charge < -0.3 is 5.32 Å². The number of hydrogen-bond donors (Lipinski definition) is 1. The van der Waals surface area contributed by atoms with Gasteiger partial charge in [0, 0.05) is 23.7 Å². The predicted molar refractivity (Wildman–Crippen MR) is 116 cm³/mol. The molecule has 3 aromatic rings. The summed E-state index contributed by atoms with van der Waals surface area (Å²) in [6, 6.07) is 14.5. The molecule has 1 aromatic heterocycles. The summed E-state index contributed by atoms with van der Waals surface area (Å²) in [4.78, 5) is 29.6. The highest BCUT2D eigenvalue weighted by atomic mass is 35.5. The molecule has 0 fully saturated rings. The van der Waals surface area contributed by atoms with Gasteiger partial charge in [-0.05, 0) is 43.2 Å². The number of nitrogens with zero attached hydrogens (tertiary/aromatic N) is 2. The van der Waals surface area contributed by atoms with Crippen LogP contribution in [0.15, 0.2) is 58.5 Å². The van der Waals surface area contributed by atoms with Crippen LogP contribution in [0.3, 0.4) is 0 Å². The highest BCUT2D eigenvalue weighted by Gasteiger charge is 2.13. The Kier molecular flexibility index (Phi) is 7.12. The first kappa shape index (κ1) is 20.4. The van der Waals surface area contributed by atoms with E-state index in [-0.39, 0.29) is 11.5 Å². The van der Waals surface area contributed by atoms with Crippen LogP contribution in [0.4, 0.5) is 0 Å². The fraction of sp³-hybridized carbons (Fsp3) is 0.286. The third kappa shape index (κ3) is 4.94. The van der Waals surface area contributed by atoms with Crippen molar-refractivity contribution in [3.05, 3.63) is 63.9 Å². The number of fused-ring (bicyclic) bond motifs is 1. The lowest BCUT2D eigenvalue weighted by molar-refractivity contribution is -0.121. The Bertz CT molecular complexity index is 1040. The molecule has 0 aliphatic carbocycles. The van der Waals surface area contributed by atoms with Gasteiger partial charge in [-0.2, -0.15) is 0 Å². The molecule has 0 radical (unpaired) electrons. The molecule has 0 spiro atoms. The van der Waals surface area contributed by atoms with Crippen molar-refractivity contribution in [3.8, 4) is 5.69 Å². The standard InChI is InChI=1S/C21H22ClN3O2S/c1-2-12-23-19(26)11-6-13-28-21-24-18-10-4-3-9-17(18)20(27)25(21)16-8-5-7-15(22)14-16/h3-5,7-10,14H,2,6,11-13H2,1H3,(H,23,26). The number of halogens is 1. The molecule has 1 N–H and O–H groups in total. The van der Waals surface area contributed by atoms with E-state index >= 15 is 0 Å². The molecule has 0 aliphatic rings. The van der Waals surface area contributed by atoms with Gasteiger partial charge in [-0.1, -0.05) is 48.5 Å². The smallest absolute Gasteiger partial charge is 0.266 e. The SMILES string of the molecule is CCCNC(=O)CCCSc1nc2ccccc2c(=O)n1-c1cccc(Cl)c1. The molecular weight excluding hydrogens is 394 g/mol. The second-order valence-electron chi connectivity index (χ2n) is 6.33. The minimum Gasteiger partial charge on any atom is -0.356 e. The molecule has 1 amide bonds. The van der Waals surface area contributed by atoms with Crippen molar-refractivity contribution in [1.29, 1.82) is 0 Å². The van der Waals surface area contributed by atoms with E-state index in [1.807, 2.05) is 37.3 Å². The number of aromatic nitrogens is 2. The van der Waals surface area contributed by atoms with Crippen LogP contribution in [0, 0.1) is 0 Å². The van der Waals surface area contributed by atoms with Crippen molar-refractivity contribution in [3.63, 3.8) is 0 Å². The van der Waals surface area contributed by atoms with Crippen molar-refractivity contribution >= 4 is 40.2 Å². The monoisotopic (exact) mass is 415 g/mol. The zero-order chi connectivity index (χ0) is 19.9. The van der Waals surface area contributed by atoms with Crippen LogP contribution in [0.25, 0.3) is 16.6 Å². The quantitative estimate of drug-likeness (QED) is 0.335. The fourth-order valence-corrected chi connectivity index (χ4v) is 3.94. The summed E-state index contributed by atoms with van der Waals surface area (Å²) in [5, 5.41) is 4.59. The summed E-state index contributed by atoms with van der Waals surface area (Å²) in [6.07, 6.45) is 2.09. The van der Waals surface area contributed by atoms with Crippen molar-refractivity contribution in [1.82, 2.24) is 14.9 Å². The number of carbonyl (C=O) groups is 1. The highest BCUT2D eigenvalue weighted by molar-refractivity contribution is 7.99. The Hall–Kier alpha value is -2.31. The Labute approximate surface area is 173 Å². The summed E-state index contributed by atoms with van der Waals surface area (Å²) in [6.45, 7) is 2.73. The Balaban J connectivity index is 1.87. The molecule has 0 unspecified atom stereocenters. The number of nitrogens with one attached hydrogen (secondary N) is 1. The molecule has 28 heavy (non-hydrogen) atoms. The maximum absolute atomic E-state index is 13.1. The maximum Gasteiger partial charge on any atom is 0.266 e. The largest absolute Gasteiger partial charge is 0.356 e. The lowest BCUT2D eigenvalue weighted by atomic mass is 10.2. The third-order valence-electron chi connectivity index (χ3n) is 4.16. The number of para-hydroxylation sites is 1. The van der Waals surface area contributed by atoms with Crippen molar-refractivity contribution in [2.24, 2.45) is 0 Å². The van der Waals surface area contributed by atoms with Gasteiger partial charge in [0.2, 0.25) is 5.91 Å². The average molecular weight is 416 g/mol. The molecule has 0 atom stereocenters. The van der Waals surface area contributed by atoms with Crippen LogP contribution in [0.1, 0.15) is 26.2 Å². The zero-order valence-corrected chi connectivity index (χ0v) is 17.2. The minimum absolute atomic E-state index is 0.0566. The molecular formula is C21H22ClN3O2S. The topological polar surface area (TPSA) is 64.0 Å².